The molecule has 92 valence electrons. The number of carbonyl (C=O) groups is 1. The van der Waals surface area contributed by atoms with Gasteiger partial charge in [0.05, 0.1) is 11.4 Å². The number of nitrogens with zero attached hydrogens (tertiary/aromatic N) is 3. The zero-order valence-corrected chi connectivity index (χ0v) is 10.9. The minimum atomic E-state index is 0.0176. The van der Waals surface area contributed by atoms with Gasteiger partial charge >= 0.3 is 0 Å². The molecule has 2 heterocycles. The van der Waals surface area contributed by atoms with Crippen molar-refractivity contribution in [1.82, 2.24) is 14.9 Å². The van der Waals surface area contributed by atoms with Gasteiger partial charge in [-0.3, -0.25) is 9.78 Å². The summed E-state index contributed by atoms with van der Waals surface area (Å²) in [6, 6.07) is 0.224. The summed E-state index contributed by atoms with van der Waals surface area (Å²) in [6.07, 6.45) is 2.54. The van der Waals surface area contributed by atoms with E-state index in [9.17, 15) is 4.79 Å². The average Bonchev–Trinajstić information content (AvgIpc) is 2.28. The molecule has 0 saturated carbocycles. The molecule has 0 unspecified atom stereocenters. The summed E-state index contributed by atoms with van der Waals surface area (Å²) in [7, 11) is 0. The minimum absolute atomic E-state index is 0.0176. The van der Waals surface area contributed by atoms with Crippen LogP contribution in [0.3, 0.4) is 0 Å². The molecule has 17 heavy (non-hydrogen) atoms. The fraction of sp³-hybridized carbons (Fsp3) is 0.615. The molecule has 0 saturated heterocycles. The first-order valence-corrected chi connectivity index (χ1v) is 6.17. The zero-order valence-electron chi connectivity index (χ0n) is 10.9. The van der Waals surface area contributed by atoms with E-state index in [0.29, 0.717) is 11.6 Å². The summed E-state index contributed by atoms with van der Waals surface area (Å²) in [5, 5.41) is 0. The van der Waals surface area contributed by atoms with E-state index in [0.717, 1.165) is 24.4 Å². The molecule has 4 heteroatoms. The van der Waals surface area contributed by atoms with Gasteiger partial charge in [0.1, 0.15) is 5.69 Å². The molecule has 1 aromatic rings. The summed E-state index contributed by atoms with van der Waals surface area (Å²) in [4.78, 5) is 22.9. The third-order valence-electron chi connectivity index (χ3n) is 3.13. The normalized spacial score (nSPS) is 15.6. The van der Waals surface area contributed by atoms with Crippen molar-refractivity contribution < 1.29 is 4.79 Å². The van der Waals surface area contributed by atoms with Crippen molar-refractivity contribution in [2.75, 3.05) is 6.54 Å². The van der Waals surface area contributed by atoms with Gasteiger partial charge in [0, 0.05) is 25.2 Å². The summed E-state index contributed by atoms with van der Waals surface area (Å²) in [5.41, 5.74) is 2.36. The van der Waals surface area contributed by atoms with Gasteiger partial charge in [0.25, 0.3) is 5.91 Å². The minimum Gasteiger partial charge on any atom is -0.334 e. The SMILES string of the molecule is CC(C)c1cnc2c(n1)CCN(C(C)C)C2=O. The maximum atomic E-state index is 12.2. The van der Waals surface area contributed by atoms with Crippen molar-refractivity contribution in [1.29, 1.82) is 0 Å². The maximum Gasteiger partial charge on any atom is 0.274 e. The van der Waals surface area contributed by atoms with Crippen LogP contribution in [0.25, 0.3) is 0 Å². The molecule has 1 aliphatic heterocycles. The van der Waals surface area contributed by atoms with Crippen LogP contribution in [0.2, 0.25) is 0 Å². The molecule has 0 radical (unpaired) electrons. The molecule has 4 nitrogen and oxygen atoms in total. The quantitative estimate of drug-likeness (QED) is 0.785. The van der Waals surface area contributed by atoms with Crippen LogP contribution in [0.5, 0.6) is 0 Å². The fourth-order valence-corrected chi connectivity index (χ4v) is 2.03. The van der Waals surface area contributed by atoms with E-state index >= 15 is 0 Å². The topological polar surface area (TPSA) is 46.1 Å². The summed E-state index contributed by atoms with van der Waals surface area (Å²) in [5.74, 6) is 0.370. The van der Waals surface area contributed by atoms with Crippen LogP contribution in [-0.4, -0.2) is 33.4 Å². The average molecular weight is 233 g/mol. The van der Waals surface area contributed by atoms with Crippen molar-refractivity contribution in [3.8, 4) is 0 Å². The van der Waals surface area contributed by atoms with Crippen LogP contribution in [0.4, 0.5) is 0 Å². The van der Waals surface area contributed by atoms with Gasteiger partial charge in [-0.15, -0.1) is 0 Å². The Morgan fingerprint density at radius 1 is 1.29 bits per heavy atom. The number of hydrogen-bond donors (Lipinski definition) is 0. The predicted octanol–water partition coefficient (Wildman–Crippen LogP) is 2.01. The molecule has 0 N–H and O–H groups in total. The summed E-state index contributed by atoms with van der Waals surface area (Å²) >= 11 is 0. The van der Waals surface area contributed by atoms with Gasteiger partial charge in [0.15, 0.2) is 0 Å². The van der Waals surface area contributed by atoms with Gasteiger partial charge in [0.2, 0.25) is 0 Å². The Morgan fingerprint density at radius 2 is 2.00 bits per heavy atom. The number of hydrogen-bond acceptors (Lipinski definition) is 3. The molecule has 1 aliphatic rings. The first-order valence-electron chi connectivity index (χ1n) is 6.17. The van der Waals surface area contributed by atoms with Crippen molar-refractivity contribution in [2.24, 2.45) is 0 Å². The van der Waals surface area contributed by atoms with E-state index in [1.54, 1.807) is 6.20 Å². The fourth-order valence-electron chi connectivity index (χ4n) is 2.03. The molecule has 0 fully saturated rings. The lowest BCUT2D eigenvalue weighted by Gasteiger charge is -2.30. The second kappa shape index (κ2) is 4.43. The third kappa shape index (κ3) is 2.16. The summed E-state index contributed by atoms with van der Waals surface area (Å²) < 4.78 is 0. The van der Waals surface area contributed by atoms with Crippen LogP contribution in [0.15, 0.2) is 6.20 Å². The molecule has 1 amide bonds. The Balaban J connectivity index is 2.36. The molecular weight excluding hydrogens is 214 g/mol. The van der Waals surface area contributed by atoms with E-state index in [1.807, 2.05) is 18.7 Å². The standard InChI is InChI=1S/C13H19N3O/c1-8(2)11-7-14-12-10(15-11)5-6-16(9(3)4)13(12)17/h7-9H,5-6H2,1-4H3. The number of aromatic nitrogens is 2. The predicted molar refractivity (Wildman–Crippen MR) is 66.0 cm³/mol. The van der Waals surface area contributed by atoms with Crippen molar-refractivity contribution in [3.63, 3.8) is 0 Å². The lowest BCUT2D eigenvalue weighted by Crippen LogP contribution is -2.43. The smallest absolute Gasteiger partial charge is 0.274 e. The van der Waals surface area contributed by atoms with Gasteiger partial charge in [-0.25, -0.2) is 4.98 Å². The van der Waals surface area contributed by atoms with Crippen LogP contribution >= 0.6 is 0 Å². The Bertz CT molecular complexity index is 440. The van der Waals surface area contributed by atoms with E-state index in [-0.39, 0.29) is 11.9 Å². The van der Waals surface area contributed by atoms with Crippen molar-refractivity contribution >= 4 is 5.91 Å². The Hall–Kier alpha value is -1.45. The van der Waals surface area contributed by atoms with E-state index in [1.165, 1.54) is 0 Å². The van der Waals surface area contributed by atoms with Crippen molar-refractivity contribution in [2.45, 2.75) is 46.1 Å². The van der Waals surface area contributed by atoms with Gasteiger partial charge in [-0.2, -0.15) is 0 Å². The first-order chi connectivity index (χ1) is 8.00. The molecule has 1 aromatic heterocycles. The second-order valence-corrected chi connectivity index (χ2v) is 5.09. The number of fused-ring (bicyclic) bond motifs is 1. The number of amides is 1. The highest BCUT2D eigenvalue weighted by atomic mass is 16.2. The molecule has 0 bridgehead atoms. The first kappa shape index (κ1) is 12.0. The van der Waals surface area contributed by atoms with Crippen molar-refractivity contribution in [3.05, 3.63) is 23.3 Å². The van der Waals surface area contributed by atoms with Crippen LogP contribution < -0.4 is 0 Å². The van der Waals surface area contributed by atoms with Crippen LogP contribution in [0, 0.1) is 0 Å². The third-order valence-corrected chi connectivity index (χ3v) is 3.13. The number of rotatable bonds is 2. The number of carbonyl (C=O) groups excluding carboxylic acids is 1. The molecule has 2 rings (SSSR count). The zero-order chi connectivity index (χ0) is 12.6. The second-order valence-electron chi connectivity index (χ2n) is 5.09. The van der Waals surface area contributed by atoms with Gasteiger partial charge in [-0.05, 0) is 19.8 Å². The highest BCUT2D eigenvalue weighted by molar-refractivity contribution is 5.94. The highest BCUT2D eigenvalue weighted by Crippen LogP contribution is 2.19. The van der Waals surface area contributed by atoms with E-state index in [4.69, 9.17) is 0 Å². The lowest BCUT2D eigenvalue weighted by molar-refractivity contribution is 0.0679. The Kier molecular flexibility index (Phi) is 3.13. The Morgan fingerprint density at radius 3 is 2.59 bits per heavy atom. The monoisotopic (exact) mass is 233 g/mol. The molecule has 0 aliphatic carbocycles. The van der Waals surface area contributed by atoms with E-state index < -0.39 is 0 Å². The molecule has 0 atom stereocenters. The lowest BCUT2D eigenvalue weighted by atomic mass is 10.1. The van der Waals surface area contributed by atoms with Gasteiger partial charge < -0.3 is 4.90 Å². The highest BCUT2D eigenvalue weighted by Gasteiger charge is 2.28. The Labute approximate surface area is 102 Å². The van der Waals surface area contributed by atoms with Crippen LogP contribution in [-0.2, 0) is 6.42 Å². The molecular formula is C13H19N3O. The largest absolute Gasteiger partial charge is 0.334 e. The summed E-state index contributed by atoms with van der Waals surface area (Å²) in [6.45, 7) is 8.97. The maximum absolute atomic E-state index is 12.2. The van der Waals surface area contributed by atoms with E-state index in [2.05, 4.69) is 23.8 Å². The molecule has 0 aromatic carbocycles. The van der Waals surface area contributed by atoms with Crippen LogP contribution in [0.1, 0.15) is 55.5 Å². The molecule has 0 spiro atoms. The van der Waals surface area contributed by atoms with Gasteiger partial charge in [-0.1, -0.05) is 13.8 Å².